The van der Waals surface area contributed by atoms with Crippen molar-refractivity contribution in [2.45, 2.75) is 6.92 Å². The summed E-state index contributed by atoms with van der Waals surface area (Å²) in [5.41, 5.74) is 1.03. The standard InChI is InChI=1S/C14H12N2O4/c1-10-4-2-6-12(8-10)15(18)14(17)11-5-3-7-13(9-11)16(19)20/h2-9,18H,1H3. The molecule has 0 spiro atoms. The van der Waals surface area contributed by atoms with Gasteiger partial charge in [-0.3, -0.25) is 20.1 Å². The summed E-state index contributed by atoms with van der Waals surface area (Å²) in [7, 11) is 0. The molecule has 1 amide bonds. The monoisotopic (exact) mass is 272 g/mol. The zero-order valence-corrected chi connectivity index (χ0v) is 10.7. The second kappa shape index (κ2) is 5.50. The summed E-state index contributed by atoms with van der Waals surface area (Å²) < 4.78 is 0. The molecule has 0 aliphatic rings. The number of nitro benzene ring substituents is 1. The molecule has 2 rings (SSSR count). The SMILES string of the molecule is Cc1cccc(N(O)C(=O)c2cccc([N+](=O)[O-])c2)c1. The Morgan fingerprint density at radius 1 is 1.20 bits per heavy atom. The molecule has 0 aromatic heterocycles. The molecule has 0 unspecified atom stereocenters. The predicted molar refractivity (Wildman–Crippen MR) is 72.9 cm³/mol. The van der Waals surface area contributed by atoms with Gasteiger partial charge in [-0.25, -0.2) is 0 Å². The van der Waals surface area contributed by atoms with E-state index in [1.54, 1.807) is 18.2 Å². The summed E-state index contributed by atoms with van der Waals surface area (Å²) in [4.78, 5) is 22.2. The number of aryl methyl sites for hydroxylation is 1. The zero-order chi connectivity index (χ0) is 14.7. The van der Waals surface area contributed by atoms with Crippen LogP contribution in [0, 0.1) is 17.0 Å². The van der Waals surface area contributed by atoms with E-state index in [0.29, 0.717) is 10.8 Å². The second-order valence-corrected chi connectivity index (χ2v) is 4.26. The number of nitro groups is 1. The van der Waals surface area contributed by atoms with Gasteiger partial charge in [0.1, 0.15) is 0 Å². The first kappa shape index (κ1) is 13.7. The lowest BCUT2D eigenvalue weighted by molar-refractivity contribution is -0.384. The number of rotatable bonds is 3. The molecule has 6 heteroatoms. The van der Waals surface area contributed by atoms with Crippen LogP contribution < -0.4 is 5.06 Å². The van der Waals surface area contributed by atoms with Crippen LogP contribution in [0.1, 0.15) is 15.9 Å². The minimum atomic E-state index is -0.723. The number of amides is 1. The van der Waals surface area contributed by atoms with E-state index >= 15 is 0 Å². The van der Waals surface area contributed by atoms with Gasteiger partial charge in [-0.05, 0) is 30.7 Å². The third-order valence-corrected chi connectivity index (χ3v) is 2.74. The summed E-state index contributed by atoms with van der Waals surface area (Å²) in [6.07, 6.45) is 0. The Morgan fingerprint density at radius 2 is 1.90 bits per heavy atom. The van der Waals surface area contributed by atoms with E-state index in [9.17, 15) is 20.1 Å². The molecule has 0 atom stereocenters. The van der Waals surface area contributed by atoms with Crippen LogP contribution in [0.3, 0.4) is 0 Å². The highest BCUT2D eigenvalue weighted by Gasteiger charge is 2.18. The number of carbonyl (C=O) groups is 1. The minimum absolute atomic E-state index is 0.0446. The third kappa shape index (κ3) is 2.81. The van der Waals surface area contributed by atoms with Crippen LogP contribution in [0.15, 0.2) is 48.5 Å². The Balaban J connectivity index is 2.31. The smallest absolute Gasteiger partial charge is 0.281 e. The number of hydroxylamine groups is 1. The third-order valence-electron chi connectivity index (χ3n) is 2.74. The first-order chi connectivity index (χ1) is 9.49. The largest absolute Gasteiger partial charge is 0.282 e. The molecule has 0 bridgehead atoms. The highest BCUT2D eigenvalue weighted by Crippen LogP contribution is 2.19. The molecule has 102 valence electrons. The maximum atomic E-state index is 12.1. The first-order valence-electron chi connectivity index (χ1n) is 5.83. The number of carbonyl (C=O) groups excluding carboxylic acids is 1. The maximum absolute atomic E-state index is 12.1. The highest BCUT2D eigenvalue weighted by molar-refractivity contribution is 6.04. The molecule has 20 heavy (non-hydrogen) atoms. The Kier molecular flexibility index (Phi) is 3.76. The number of benzene rings is 2. The predicted octanol–water partition coefficient (Wildman–Crippen LogP) is 2.94. The fourth-order valence-electron chi connectivity index (χ4n) is 1.75. The van der Waals surface area contributed by atoms with Crippen LogP contribution in [0.2, 0.25) is 0 Å². The topological polar surface area (TPSA) is 83.7 Å². The average Bonchev–Trinajstić information content (AvgIpc) is 2.45. The lowest BCUT2D eigenvalue weighted by Crippen LogP contribution is -2.27. The Labute approximate surface area is 115 Å². The average molecular weight is 272 g/mol. The maximum Gasteiger partial charge on any atom is 0.282 e. The summed E-state index contributed by atoms with van der Waals surface area (Å²) in [6, 6.07) is 12.0. The molecule has 0 radical (unpaired) electrons. The number of anilines is 1. The molecule has 2 aromatic carbocycles. The Hall–Kier alpha value is -2.73. The first-order valence-corrected chi connectivity index (χ1v) is 5.83. The second-order valence-electron chi connectivity index (χ2n) is 4.26. The number of non-ortho nitro benzene ring substituents is 1. The molecular weight excluding hydrogens is 260 g/mol. The van der Waals surface area contributed by atoms with Crippen molar-refractivity contribution in [3.63, 3.8) is 0 Å². The van der Waals surface area contributed by atoms with Gasteiger partial charge in [0.15, 0.2) is 0 Å². The van der Waals surface area contributed by atoms with Gasteiger partial charge in [-0.1, -0.05) is 18.2 Å². The van der Waals surface area contributed by atoms with Crippen molar-refractivity contribution in [3.8, 4) is 0 Å². The summed E-state index contributed by atoms with van der Waals surface area (Å²) >= 11 is 0. The molecular formula is C14H12N2O4. The van der Waals surface area contributed by atoms with Crippen LogP contribution in [-0.4, -0.2) is 16.0 Å². The van der Waals surface area contributed by atoms with Gasteiger partial charge in [0.2, 0.25) is 0 Å². The summed E-state index contributed by atoms with van der Waals surface area (Å²) in [5.74, 6) is -0.723. The molecule has 6 nitrogen and oxygen atoms in total. The van der Waals surface area contributed by atoms with E-state index in [4.69, 9.17) is 0 Å². The van der Waals surface area contributed by atoms with E-state index in [1.807, 2.05) is 13.0 Å². The van der Waals surface area contributed by atoms with Crippen molar-refractivity contribution in [1.82, 2.24) is 0 Å². The van der Waals surface area contributed by atoms with E-state index in [2.05, 4.69) is 0 Å². The van der Waals surface area contributed by atoms with Crippen LogP contribution in [0.25, 0.3) is 0 Å². The molecule has 0 heterocycles. The van der Waals surface area contributed by atoms with E-state index in [0.717, 1.165) is 11.6 Å². The molecule has 0 fully saturated rings. The zero-order valence-electron chi connectivity index (χ0n) is 10.7. The fraction of sp³-hybridized carbons (Fsp3) is 0.0714. The highest BCUT2D eigenvalue weighted by atomic mass is 16.6. The molecule has 2 aromatic rings. The normalized spacial score (nSPS) is 10.1. The minimum Gasteiger partial charge on any atom is -0.281 e. The number of hydrogen-bond donors (Lipinski definition) is 1. The van der Waals surface area contributed by atoms with Crippen LogP contribution >= 0.6 is 0 Å². The van der Waals surface area contributed by atoms with Crippen molar-refractivity contribution >= 4 is 17.3 Å². The van der Waals surface area contributed by atoms with Crippen molar-refractivity contribution in [2.24, 2.45) is 0 Å². The van der Waals surface area contributed by atoms with Gasteiger partial charge >= 0.3 is 0 Å². The van der Waals surface area contributed by atoms with Gasteiger partial charge in [-0.15, -0.1) is 0 Å². The van der Waals surface area contributed by atoms with Crippen molar-refractivity contribution < 1.29 is 14.9 Å². The van der Waals surface area contributed by atoms with Crippen molar-refractivity contribution in [2.75, 3.05) is 5.06 Å². The van der Waals surface area contributed by atoms with Gasteiger partial charge in [-0.2, -0.15) is 5.06 Å². The lowest BCUT2D eigenvalue weighted by atomic mass is 10.1. The molecule has 0 saturated heterocycles. The van der Waals surface area contributed by atoms with Gasteiger partial charge < -0.3 is 0 Å². The lowest BCUT2D eigenvalue weighted by Gasteiger charge is -2.15. The van der Waals surface area contributed by atoms with E-state index in [-0.39, 0.29) is 11.3 Å². The van der Waals surface area contributed by atoms with Gasteiger partial charge in [0.05, 0.1) is 10.6 Å². The molecule has 0 aliphatic heterocycles. The Bertz CT molecular complexity index is 670. The quantitative estimate of drug-likeness (QED) is 0.529. The number of hydrogen-bond acceptors (Lipinski definition) is 4. The summed E-state index contributed by atoms with van der Waals surface area (Å²) in [5, 5.41) is 21.1. The van der Waals surface area contributed by atoms with Crippen LogP contribution in [-0.2, 0) is 0 Å². The summed E-state index contributed by atoms with van der Waals surface area (Å²) in [6.45, 7) is 1.83. The van der Waals surface area contributed by atoms with Crippen LogP contribution in [0.5, 0.6) is 0 Å². The Morgan fingerprint density at radius 3 is 2.55 bits per heavy atom. The number of nitrogens with zero attached hydrogens (tertiary/aromatic N) is 2. The van der Waals surface area contributed by atoms with Gasteiger partial charge in [0, 0.05) is 17.7 Å². The molecule has 1 N–H and O–H groups in total. The van der Waals surface area contributed by atoms with Crippen LogP contribution in [0.4, 0.5) is 11.4 Å². The van der Waals surface area contributed by atoms with E-state index in [1.165, 1.54) is 18.2 Å². The fourth-order valence-corrected chi connectivity index (χ4v) is 1.75. The van der Waals surface area contributed by atoms with Crippen molar-refractivity contribution in [1.29, 1.82) is 0 Å². The molecule has 0 aliphatic carbocycles. The van der Waals surface area contributed by atoms with Gasteiger partial charge in [0.25, 0.3) is 11.6 Å². The van der Waals surface area contributed by atoms with E-state index < -0.39 is 10.8 Å². The van der Waals surface area contributed by atoms with Crippen molar-refractivity contribution in [3.05, 3.63) is 69.8 Å². The molecule has 0 saturated carbocycles.